The van der Waals surface area contributed by atoms with Crippen LogP contribution in [0.25, 0.3) is 0 Å². The minimum Gasteiger partial charge on any atom is -0.396 e. The Kier molecular flexibility index (Phi) is 9.72. The summed E-state index contributed by atoms with van der Waals surface area (Å²) >= 11 is 0. The van der Waals surface area contributed by atoms with E-state index in [1.165, 1.54) is 31.3 Å². The van der Waals surface area contributed by atoms with Crippen molar-refractivity contribution in [2.24, 2.45) is 23.2 Å². The summed E-state index contributed by atoms with van der Waals surface area (Å²) in [6, 6.07) is 0. The fourth-order valence-corrected chi connectivity index (χ4v) is 6.83. The largest absolute Gasteiger partial charge is 0.396 e. The third kappa shape index (κ3) is 5.96. The normalized spacial score (nSPS) is 38.1. The van der Waals surface area contributed by atoms with Crippen LogP contribution in [0.5, 0.6) is 0 Å². The van der Waals surface area contributed by atoms with Gasteiger partial charge in [-0.25, -0.2) is 0 Å². The van der Waals surface area contributed by atoms with Gasteiger partial charge in [-0.15, -0.1) is 0 Å². The lowest BCUT2D eigenvalue weighted by atomic mass is 9.60. The van der Waals surface area contributed by atoms with Gasteiger partial charge in [0.15, 0.2) is 5.78 Å². The zero-order valence-corrected chi connectivity index (χ0v) is 20.4. The van der Waals surface area contributed by atoms with Gasteiger partial charge in [-0.05, 0) is 68.1 Å². The van der Waals surface area contributed by atoms with Crippen LogP contribution in [0.15, 0.2) is 23.3 Å². The molecular weight excluding hydrogens is 420 g/mol. The molecule has 4 N–H and O–H groups in total. The molecule has 0 aromatic carbocycles. The summed E-state index contributed by atoms with van der Waals surface area (Å²) in [7, 11) is 0. The molecule has 0 saturated heterocycles. The fraction of sp³-hybridized carbons (Fsp3) is 0.815. The van der Waals surface area contributed by atoms with E-state index in [4.69, 9.17) is 14.9 Å². The topological polar surface area (TPSA) is 107 Å². The maximum atomic E-state index is 12.7. The summed E-state index contributed by atoms with van der Waals surface area (Å²) in [6.45, 7) is 5.26. The van der Waals surface area contributed by atoms with Gasteiger partial charge in [0, 0.05) is 31.8 Å². The number of aliphatic hydroxyl groups excluding tert-OH is 4. The first-order valence-electron chi connectivity index (χ1n) is 13.0. The second kappa shape index (κ2) is 12.1. The van der Waals surface area contributed by atoms with E-state index in [9.17, 15) is 15.0 Å². The van der Waals surface area contributed by atoms with Crippen molar-refractivity contribution < 1.29 is 30.0 Å². The molecule has 6 nitrogen and oxygen atoms in total. The number of hydrogen-bond donors (Lipinski definition) is 4. The number of carbonyl (C=O) groups is 1. The molecule has 3 saturated carbocycles. The van der Waals surface area contributed by atoms with Crippen molar-refractivity contribution in [2.45, 2.75) is 96.4 Å². The average Bonchev–Trinajstić information content (AvgIpc) is 3.15. The van der Waals surface area contributed by atoms with E-state index in [-0.39, 0.29) is 37.4 Å². The van der Waals surface area contributed by atoms with Crippen molar-refractivity contribution in [1.29, 1.82) is 0 Å². The van der Waals surface area contributed by atoms with Crippen LogP contribution in [0, 0.1) is 23.2 Å². The molecule has 0 radical (unpaired) electrons. The molecular formula is C27H44O6. The minimum absolute atomic E-state index is 0.0338. The number of rotatable bonds is 10. The van der Waals surface area contributed by atoms with Crippen LogP contribution in [-0.2, 0) is 9.53 Å². The van der Waals surface area contributed by atoms with Gasteiger partial charge in [0.05, 0.1) is 6.10 Å². The summed E-state index contributed by atoms with van der Waals surface area (Å²) in [6.07, 6.45) is 10.3. The first-order chi connectivity index (χ1) is 15.8. The van der Waals surface area contributed by atoms with Gasteiger partial charge in [0.2, 0.25) is 0 Å². The molecule has 0 amide bonds. The smallest absolute Gasteiger partial charge is 0.190 e. The minimum atomic E-state index is -1.37. The number of carbonyl (C=O) groups excluding carboxylic acids is 1. The Morgan fingerprint density at radius 3 is 2.61 bits per heavy atom. The number of fused-ring (bicyclic) bond motifs is 1. The zero-order valence-electron chi connectivity index (χ0n) is 20.4. The van der Waals surface area contributed by atoms with E-state index in [1.807, 2.05) is 6.08 Å². The molecule has 0 aromatic heterocycles. The van der Waals surface area contributed by atoms with Crippen LogP contribution < -0.4 is 0 Å². The SMILES string of the molecule is CC(CCCCO)C1CC[C@H]2/C(=C/C=C3/C[C@@H](O)C(OCCCO)[C@H](O)C3=O)CCC[C@]12C. The Balaban J connectivity index is 1.69. The molecule has 3 aliphatic carbocycles. The van der Waals surface area contributed by atoms with Gasteiger partial charge in [0.25, 0.3) is 0 Å². The number of ether oxygens (including phenoxy) is 1. The van der Waals surface area contributed by atoms with E-state index >= 15 is 0 Å². The lowest BCUT2D eigenvalue weighted by molar-refractivity contribution is -0.148. The van der Waals surface area contributed by atoms with Crippen molar-refractivity contribution >= 4 is 5.78 Å². The van der Waals surface area contributed by atoms with Gasteiger partial charge < -0.3 is 25.2 Å². The number of Topliss-reactive ketones (excluding diaryl/α,β-unsaturated/α-hetero) is 1. The summed E-state index contributed by atoms with van der Waals surface area (Å²) in [5.41, 5.74) is 2.14. The lowest BCUT2D eigenvalue weighted by Gasteiger charge is -2.44. The zero-order chi connectivity index (χ0) is 24.0. The van der Waals surface area contributed by atoms with Gasteiger partial charge in [-0.3, -0.25) is 4.79 Å². The first-order valence-corrected chi connectivity index (χ1v) is 13.0. The standard InChI is InChI=1S/C27H44O6/c1-18(7-3-4-14-28)21-11-12-22-19(8-5-13-27(21,22)2)9-10-20-17-23(30)26(25(32)24(20)31)33-16-6-15-29/h9-10,18,21-23,25-26,28-30,32H,3-8,11-17H2,1-2H3/b19-9+,20-10-/t18?,21?,22-,23+,25+,26?,27+/m0/s1. The third-order valence-corrected chi connectivity index (χ3v) is 8.61. The summed E-state index contributed by atoms with van der Waals surface area (Å²) in [4.78, 5) is 12.7. The van der Waals surface area contributed by atoms with Gasteiger partial charge in [0.1, 0.15) is 12.2 Å². The van der Waals surface area contributed by atoms with E-state index in [2.05, 4.69) is 19.9 Å². The summed E-state index contributed by atoms with van der Waals surface area (Å²) in [5.74, 6) is 1.49. The Morgan fingerprint density at radius 1 is 1.12 bits per heavy atom. The van der Waals surface area contributed by atoms with Crippen molar-refractivity contribution in [3.8, 4) is 0 Å². The number of ketones is 1. The molecule has 0 bridgehead atoms. The number of allylic oxidation sites excluding steroid dienone is 3. The maximum Gasteiger partial charge on any atom is 0.190 e. The molecule has 33 heavy (non-hydrogen) atoms. The fourth-order valence-electron chi connectivity index (χ4n) is 6.83. The Bertz CT molecular complexity index is 715. The lowest BCUT2D eigenvalue weighted by Crippen LogP contribution is -2.49. The monoisotopic (exact) mass is 464 g/mol. The second-order valence-corrected chi connectivity index (χ2v) is 10.7. The summed E-state index contributed by atoms with van der Waals surface area (Å²) < 4.78 is 5.46. The predicted molar refractivity (Wildman–Crippen MR) is 128 cm³/mol. The molecule has 6 heteroatoms. The predicted octanol–water partition coefficient (Wildman–Crippen LogP) is 3.32. The van der Waals surface area contributed by atoms with Crippen LogP contribution in [0.4, 0.5) is 0 Å². The third-order valence-electron chi connectivity index (χ3n) is 8.61. The molecule has 7 atom stereocenters. The highest BCUT2D eigenvalue weighted by molar-refractivity contribution is 6.00. The van der Waals surface area contributed by atoms with E-state index in [1.54, 1.807) is 0 Å². The number of hydrogen-bond acceptors (Lipinski definition) is 6. The Labute approximate surface area is 198 Å². The Morgan fingerprint density at radius 2 is 1.88 bits per heavy atom. The van der Waals surface area contributed by atoms with Crippen molar-refractivity contribution in [2.75, 3.05) is 19.8 Å². The van der Waals surface area contributed by atoms with Gasteiger partial charge in [-0.2, -0.15) is 0 Å². The van der Waals surface area contributed by atoms with Crippen LogP contribution in [0.3, 0.4) is 0 Å². The highest BCUT2D eigenvalue weighted by atomic mass is 16.5. The molecule has 0 aliphatic heterocycles. The van der Waals surface area contributed by atoms with Gasteiger partial charge in [-0.1, -0.05) is 44.4 Å². The quantitative estimate of drug-likeness (QED) is 0.292. The molecule has 0 heterocycles. The summed E-state index contributed by atoms with van der Waals surface area (Å²) in [5, 5.41) is 38.9. The molecule has 3 rings (SSSR count). The van der Waals surface area contributed by atoms with Crippen molar-refractivity contribution in [3.63, 3.8) is 0 Å². The van der Waals surface area contributed by atoms with Crippen LogP contribution in [0.2, 0.25) is 0 Å². The highest BCUT2D eigenvalue weighted by Crippen LogP contribution is 2.59. The molecule has 0 spiro atoms. The van der Waals surface area contributed by atoms with E-state index in [0.717, 1.165) is 25.7 Å². The van der Waals surface area contributed by atoms with Crippen molar-refractivity contribution in [1.82, 2.24) is 0 Å². The molecule has 3 fully saturated rings. The van der Waals surface area contributed by atoms with Crippen LogP contribution in [0.1, 0.15) is 78.1 Å². The second-order valence-electron chi connectivity index (χ2n) is 10.7. The molecule has 3 unspecified atom stereocenters. The number of unbranched alkanes of at least 4 members (excludes halogenated alkanes) is 1. The van der Waals surface area contributed by atoms with E-state index in [0.29, 0.717) is 29.7 Å². The molecule has 3 aliphatic rings. The van der Waals surface area contributed by atoms with Crippen LogP contribution in [-0.4, -0.2) is 64.3 Å². The van der Waals surface area contributed by atoms with Crippen molar-refractivity contribution in [3.05, 3.63) is 23.3 Å². The molecule has 0 aromatic rings. The number of aliphatic hydroxyl groups is 4. The van der Waals surface area contributed by atoms with Crippen LogP contribution >= 0.6 is 0 Å². The van der Waals surface area contributed by atoms with E-state index < -0.39 is 18.3 Å². The first kappa shape index (κ1) is 26.6. The average molecular weight is 465 g/mol. The molecule has 188 valence electrons. The highest BCUT2D eigenvalue weighted by Gasteiger charge is 2.50. The maximum absolute atomic E-state index is 12.7. The van der Waals surface area contributed by atoms with Gasteiger partial charge >= 0.3 is 0 Å². The Hall–Kier alpha value is -1.05.